The van der Waals surface area contributed by atoms with Crippen LogP contribution in [0.4, 0.5) is 0 Å². The monoisotopic (exact) mass is 312 g/mol. The first-order valence-electron chi connectivity index (χ1n) is 6.39. The molecule has 0 saturated carbocycles. The summed E-state index contributed by atoms with van der Waals surface area (Å²) in [7, 11) is 0. The molecule has 1 amide bonds. The number of carbonyl (C=O) groups excluding carboxylic acids is 2. The molecule has 8 heteroatoms. The van der Waals surface area contributed by atoms with Crippen molar-refractivity contribution in [2.75, 3.05) is 6.54 Å². The maximum Gasteiger partial charge on any atom is 0.353 e. The molecule has 21 heavy (non-hydrogen) atoms. The number of nitrogens with zero attached hydrogens (tertiary/aromatic N) is 1. The van der Waals surface area contributed by atoms with Gasteiger partial charge in [-0.3, -0.25) is 9.59 Å². The largest absolute Gasteiger partial charge is 0.477 e. The fraction of sp³-hybridized carbons (Fsp3) is 0.462. The number of aliphatic hydroxyl groups is 1. The number of carboxylic acids is 1. The van der Waals surface area contributed by atoms with Gasteiger partial charge in [0.2, 0.25) is 5.91 Å². The van der Waals surface area contributed by atoms with Crippen molar-refractivity contribution in [3.05, 3.63) is 22.2 Å². The zero-order valence-electron chi connectivity index (χ0n) is 11.6. The lowest BCUT2D eigenvalue weighted by atomic mass is 9.84. The molecule has 1 saturated heterocycles. The van der Waals surface area contributed by atoms with Crippen molar-refractivity contribution in [3.8, 4) is 0 Å². The third-order valence-electron chi connectivity index (χ3n) is 3.51. The van der Waals surface area contributed by atoms with Crippen LogP contribution in [0.2, 0.25) is 0 Å². The number of hydrogen-bond donors (Lipinski definition) is 3. The van der Waals surface area contributed by atoms with Gasteiger partial charge in [0, 0.05) is 25.6 Å². The van der Waals surface area contributed by atoms with Crippen LogP contribution < -0.4 is 5.32 Å². The second kappa shape index (κ2) is 5.90. The van der Waals surface area contributed by atoms with Crippen LogP contribution >= 0.6 is 11.8 Å². The Balaban J connectivity index is 2.16. The molecule has 0 bridgehead atoms. The van der Waals surface area contributed by atoms with E-state index in [-0.39, 0.29) is 28.2 Å². The van der Waals surface area contributed by atoms with E-state index in [4.69, 9.17) is 0 Å². The van der Waals surface area contributed by atoms with E-state index in [2.05, 4.69) is 5.32 Å². The van der Waals surface area contributed by atoms with Gasteiger partial charge in [0.05, 0.1) is 11.0 Å². The van der Waals surface area contributed by atoms with Crippen molar-refractivity contribution in [1.29, 1.82) is 0 Å². The summed E-state index contributed by atoms with van der Waals surface area (Å²) < 4.78 is 0. The van der Waals surface area contributed by atoms with E-state index in [0.717, 1.165) is 11.8 Å². The second-order valence-corrected chi connectivity index (χ2v) is 5.89. The first-order chi connectivity index (χ1) is 9.84. The molecule has 0 spiro atoms. The van der Waals surface area contributed by atoms with E-state index in [1.807, 2.05) is 0 Å². The third-order valence-corrected chi connectivity index (χ3v) is 4.41. The van der Waals surface area contributed by atoms with Gasteiger partial charge in [-0.25, -0.2) is 4.79 Å². The lowest BCUT2D eigenvalue weighted by Gasteiger charge is -2.45. The molecule has 2 aliphatic rings. The van der Waals surface area contributed by atoms with Crippen molar-refractivity contribution in [2.24, 2.45) is 5.92 Å². The van der Waals surface area contributed by atoms with Gasteiger partial charge < -0.3 is 20.4 Å². The number of hydrogen-bond acceptors (Lipinski definition) is 6. The van der Waals surface area contributed by atoms with E-state index < -0.39 is 18.1 Å². The lowest BCUT2D eigenvalue weighted by Crippen LogP contribution is -2.59. The average molecular weight is 312 g/mol. The molecule has 7 nitrogen and oxygen atoms in total. The summed E-state index contributed by atoms with van der Waals surface area (Å²) in [5, 5.41) is 22.8. The van der Waals surface area contributed by atoms with Crippen LogP contribution in [0.15, 0.2) is 22.2 Å². The molecular weight excluding hydrogens is 296 g/mol. The number of thioether (sulfide) groups is 1. The third kappa shape index (κ3) is 2.81. The van der Waals surface area contributed by atoms with Gasteiger partial charge in [0.1, 0.15) is 11.7 Å². The number of ketones is 1. The molecule has 114 valence electrons. The number of nitrogens with one attached hydrogen (secondary N) is 1. The highest BCUT2D eigenvalue weighted by molar-refractivity contribution is 8.06. The highest BCUT2D eigenvalue weighted by atomic mass is 32.2. The predicted octanol–water partition coefficient (Wildman–Crippen LogP) is -0.113. The van der Waals surface area contributed by atoms with Gasteiger partial charge in [-0.05, 0) is 12.3 Å². The topological polar surface area (TPSA) is 107 Å². The Hall–Kier alpha value is -1.80. The molecular formula is C13H16N2O5S. The molecule has 0 aromatic heterocycles. The second-order valence-electron chi connectivity index (χ2n) is 4.97. The summed E-state index contributed by atoms with van der Waals surface area (Å²) in [6.07, 6.45) is 0.693. The minimum atomic E-state index is -1.16. The van der Waals surface area contributed by atoms with Crippen LogP contribution in [-0.4, -0.2) is 51.5 Å². The predicted molar refractivity (Wildman–Crippen MR) is 75.9 cm³/mol. The summed E-state index contributed by atoms with van der Waals surface area (Å²) in [5.41, 5.74) is -0.0284. The summed E-state index contributed by atoms with van der Waals surface area (Å²) in [5.74, 6) is -1.95. The first-order valence-corrected chi connectivity index (χ1v) is 7.27. The van der Waals surface area contributed by atoms with Crippen LogP contribution in [0, 0.1) is 5.92 Å². The number of rotatable bonds is 5. The zero-order chi connectivity index (χ0) is 15.7. The fourth-order valence-corrected chi connectivity index (χ4v) is 3.31. The Morgan fingerprint density at radius 2 is 2.19 bits per heavy atom. The van der Waals surface area contributed by atoms with Crippen molar-refractivity contribution >= 4 is 29.4 Å². The average Bonchev–Trinajstić information content (AvgIpc) is 2.53. The Bertz CT molecular complexity index is 555. The van der Waals surface area contributed by atoms with Gasteiger partial charge in [-0.1, -0.05) is 11.8 Å². The summed E-state index contributed by atoms with van der Waals surface area (Å²) in [6.45, 7) is 3.30. The number of carboxylic acid groups (broad SMARTS) is 1. The summed E-state index contributed by atoms with van der Waals surface area (Å²) in [4.78, 5) is 36.0. The van der Waals surface area contributed by atoms with Gasteiger partial charge in [-0.2, -0.15) is 0 Å². The number of fused-ring (bicyclic) bond motifs is 1. The molecule has 0 aliphatic carbocycles. The number of aliphatic hydroxyl groups excluding tert-OH is 1. The first kappa shape index (κ1) is 15.6. The zero-order valence-corrected chi connectivity index (χ0v) is 12.4. The molecule has 0 aromatic rings. The molecule has 3 unspecified atom stereocenters. The van der Waals surface area contributed by atoms with Gasteiger partial charge in [0.15, 0.2) is 5.78 Å². The minimum Gasteiger partial charge on any atom is -0.477 e. The Labute approximate surface area is 125 Å². The van der Waals surface area contributed by atoms with Gasteiger partial charge >= 0.3 is 5.97 Å². The fourth-order valence-electron chi connectivity index (χ4n) is 2.49. The van der Waals surface area contributed by atoms with Crippen LogP contribution in [0.3, 0.4) is 0 Å². The maximum atomic E-state index is 12.3. The normalized spacial score (nSPS) is 25.9. The smallest absolute Gasteiger partial charge is 0.353 e. The van der Waals surface area contributed by atoms with Gasteiger partial charge in [-0.15, -0.1) is 0 Å². The maximum absolute atomic E-state index is 12.3. The molecule has 2 aliphatic heterocycles. The molecule has 1 fully saturated rings. The minimum absolute atomic E-state index is 0.0284. The molecule has 0 aromatic carbocycles. The molecule has 3 N–H and O–H groups in total. The van der Waals surface area contributed by atoms with Crippen molar-refractivity contribution < 1.29 is 24.6 Å². The quantitative estimate of drug-likeness (QED) is 0.650. The SMILES string of the molecule is CC(=O)NC=CSC1=C(C(=O)O)N2CC(C(C)O)C2C1=O. The highest BCUT2D eigenvalue weighted by Crippen LogP contribution is 2.44. The lowest BCUT2D eigenvalue weighted by molar-refractivity contribution is -0.138. The van der Waals surface area contributed by atoms with Crippen LogP contribution in [0.25, 0.3) is 0 Å². The van der Waals surface area contributed by atoms with Crippen molar-refractivity contribution in [2.45, 2.75) is 26.0 Å². The van der Waals surface area contributed by atoms with Crippen LogP contribution in [-0.2, 0) is 14.4 Å². The highest BCUT2D eigenvalue weighted by Gasteiger charge is 2.55. The van der Waals surface area contributed by atoms with Gasteiger partial charge in [0.25, 0.3) is 0 Å². The van der Waals surface area contributed by atoms with Crippen LogP contribution in [0.5, 0.6) is 0 Å². The number of aliphatic carboxylic acids is 1. The Morgan fingerprint density at radius 1 is 1.52 bits per heavy atom. The summed E-state index contributed by atoms with van der Waals surface area (Å²) >= 11 is 0.962. The number of amides is 1. The summed E-state index contributed by atoms with van der Waals surface area (Å²) in [6, 6.07) is -0.590. The number of carbonyl (C=O) groups is 3. The van der Waals surface area contributed by atoms with E-state index in [9.17, 15) is 24.6 Å². The Kier molecular flexibility index (Phi) is 4.38. The molecule has 2 heterocycles. The number of Topliss-reactive ketones (excluding diaryl/α,β-unsaturated/α-hetero) is 1. The van der Waals surface area contributed by atoms with E-state index in [0.29, 0.717) is 6.54 Å². The van der Waals surface area contributed by atoms with Crippen molar-refractivity contribution in [1.82, 2.24) is 10.2 Å². The molecule has 2 rings (SSSR count). The van der Waals surface area contributed by atoms with E-state index in [1.165, 1.54) is 23.4 Å². The van der Waals surface area contributed by atoms with Crippen LogP contribution in [0.1, 0.15) is 13.8 Å². The Morgan fingerprint density at radius 3 is 2.71 bits per heavy atom. The van der Waals surface area contributed by atoms with Crippen molar-refractivity contribution in [3.63, 3.8) is 0 Å². The molecule has 3 atom stereocenters. The van der Waals surface area contributed by atoms with E-state index in [1.54, 1.807) is 6.92 Å². The van der Waals surface area contributed by atoms with E-state index >= 15 is 0 Å². The molecule has 0 radical (unpaired) electrons. The standard InChI is InChI=1S/C13H16N2O5S/c1-6(16)8-5-15-9(8)11(18)12(10(15)13(19)20)21-4-3-14-7(2)17/h3-4,6,8-9,16H,5H2,1-2H3,(H,14,17)(H,19,20).